The number of fused-ring (bicyclic) bond motifs is 1. The smallest absolute Gasteiger partial charge is 0.243 e. The standard InChI is InChI=1S/C18H23N7O2S/c1-24-17-14(12-21-24)16(19)22-18(23-17)20-11-13-7-3-4-8-15(13)28(26,27)25-9-5-2-6-10-25/h3-4,7-8,12H,2,5-6,9-11H2,1H3,(H3,19,20,22,23). The molecule has 2 aromatic heterocycles. The Hall–Kier alpha value is -2.72. The van der Waals surface area contributed by atoms with E-state index >= 15 is 0 Å². The third-order valence-electron chi connectivity index (χ3n) is 4.96. The molecular formula is C18H23N7O2S. The van der Waals surface area contributed by atoms with Gasteiger partial charge in [0.15, 0.2) is 5.65 Å². The molecule has 3 heterocycles. The number of nitrogens with two attached hydrogens (primary N) is 1. The summed E-state index contributed by atoms with van der Waals surface area (Å²) in [6.07, 6.45) is 4.49. The molecule has 1 aliphatic heterocycles. The number of benzene rings is 1. The molecule has 1 aliphatic rings. The van der Waals surface area contributed by atoms with Crippen LogP contribution >= 0.6 is 0 Å². The number of anilines is 2. The van der Waals surface area contributed by atoms with Crippen LogP contribution in [0.4, 0.5) is 11.8 Å². The van der Waals surface area contributed by atoms with Crippen molar-refractivity contribution in [2.45, 2.75) is 30.7 Å². The maximum atomic E-state index is 13.1. The van der Waals surface area contributed by atoms with E-state index in [1.165, 1.54) is 0 Å². The van der Waals surface area contributed by atoms with E-state index in [4.69, 9.17) is 5.73 Å². The topological polar surface area (TPSA) is 119 Å². The lowest BCUT2D eigenvalue weighted by molar-refractivity contribution is 0.346. The van der Waals surface area contributed by atoms with E-state index in [2.05, 4.69) is 20.4 Å². The molecule has 10 heteroatoms. The van der Waals surface area contributed by atoms with Gasteiger partial charge in [-0.15, -0.1) is 0 Å². The molecule has 28 heavy (non-hydrogen) atoms. The number of hydrogen-bond donors (Lipinski definition) is 2. The Morgan fingerprint density at radius 3 is 2.68 bits per heavy atom. The molecule has 148 valence electrons. The van der Waals surface area contributed by atoms with Crippen molar-refractivity contribution in [1.82, 2.24) is 24.1 Å². The molecule has 0 unspecified atom stereocenters. The fourth-order valence-electron chi connectivity index (χ4n) is 3.44. The fourth-order valence-corrected chi connectivity index (χ4v) is 5.18. The van der Waals surface area contributed by atoms with Crippen molar-refractivity contribution < 1.29 is 8.42 Å². The number of sulfonamides is 1. The van der Waals surface area contributed by atoms with Crippen LogP contribution in [0.5, 0.6) is 0 Å². The average Bonchev–Trinajstić information content (AvgIpc) is 3.09. The number of rotatable bonds is 5. The molecule has 0 amide bonds. The molecule has 0 bridgehead atoms. The van der Waals surface area contributed by atoms with Crippen LogP contribution in [0.15, 0.2) is 35.4 Å². The van der Waals surface area contributed by atoms with Gasteiger partial charge in [0.1, 0.15) is 5.82 Å². The predicted molar refractivity (Wildman–Crippen MR) is 107 cm³/mol. The monoisotopic (exact) mass is 401 g/mol. The first kappa shape index (κ1) is 18.6. The lowest BCUT2D eigenvalue weighted by Gasteiger charge is -2.26. The van der Waals surface area contributed by atoms with Crippen molar-refractivity contribution in [3.8, 4) is 0 Å². The van der Waals surface area contributed by atoms with E-state index in [0.717, 1.165) is 19.3 Å². The lowest BCUT2D eigenvalue weighted by Crippen LogP contribution is -2.36. The molecule has 3 aromatic rings. The summed E-state index contributed by atoms with van der Waals surface area (Å²) in [6, 6.07) is 7.03. The summed E-state index contributed by atoms with van der Waals surface area (Å²) >= 11 is 0. The van der Waals surface area contributed by atoms with Gasteiger partial charge >= 0.3 is 0 Å². The van der Waals surface area contributed by atoms with Crippen LogP contribution in [0.25, 0.3) is 11.0 Å². The van der Waals surface area contributed by atoms with Crippen LogP contribution in [-0.2, 0) is 23.6 Å². The number of nitrogens with zero attached hydrogens (tertiary/aromatic N) is 5. The number of aromatic nitrogens is 4. The quantitative estimate of drug-likeness (QED) is 0.668. The Bertz CT molecular complexity index is 1100. The first-order chi connectivity index (χ1) is 13.5. The Balaban J connectivity index is 1.60. The third kappa shape index (κ3) is 3.40. The van der Waals surface area contributed by atoms with Crippen LogP contribution < -0.4 is 11.1 Å². The van der Waals surface area contributed by atoms with Crippen LogP contribution in [0, 0.1) is 0 Å². The lowest BCUT2D eigenvalue weighted by atomic mass is 10.2. The van der Waals surface area contributed by atoms with Crippen molar-refractivity contribution >= 4 is 32.8 Å². The van der Waals surface area contributed by atoms with E-state index in [0.29, 0.717) is 46.3 Å². The van der Waals surface area contributed by atoms with Crippen LogP contribution in [0.2, 0.25) is 0 Å². The van der Waals surface area contributed by atoms with E-state index in [1.54, 1.807) is 40.4 Å². The summed E-state index contributed by atoms with van der Waals surface area (Å²) in [5.41, 5.74) is 7.27. The fraction of sp³-hybridized carbons (Fsp3) is 0.389. The van der Waals surface area contributed by atoms with Crippen molar-refractivity contribution in [3.05, 3.63) is 36.0 Å². The molecule has 0 atom stereocenters. The summed E-state index contributed by atoms with van der Waals surface area (Å²) in [4.78, 5) is 9.00. The van der Waals surface area contributed by atoms with E-state index < -0.39 is 10.0 Å². The van der Waals surface area contributed by atoms with Gasteiger partial charge in [-0.2, -0.15) is 19.4 Å². The Morgan fingerprint density at radius 1 is 1.14 bits per heavy atom. The second kappa shape index (κ2) is 7.36. The summed E-state index contributed by atoms with van der Waals surface area (Å²) < 4.78 is 29.4. The number of piperidine rings is 1. The van der Waals surface area contributed by atoms with E-state index in [-0.39, 0.29) is 6.54 Å². The molecule has 0 radical (unpaired) electrons. The van der Waals surface area contributed by atoms with Gasteiger partial charge < -0.3 is 11.1 Å². The van der Waals surface area contributed by atoms with Gasteiger partial charge in [-0.1, -0.05) is 24.6 Å². The largest absolute Gasteiger partial charge is 0.383 e. The molecule has 0 spiro atoms. The molecular weight excluding hydrogens is 378 g/mol. The Labute approximate surface area is 163 Å². The second-order valence-corrected chi connectivity index (χ2v) is 8.77. The molecule has 4 rings (SSSR count). The predicted octanol–water partition coefficient (Wildman–Crippen LogP) is 1.73. The highest BCUT2D eigenvalue weighted by atomic mass is 32.2. The summed E-state index contributed by atoms with van der Waals surface area (Å²) in [7, 11) is -1.75. The first-order valence-electron chi connectivity index (χ1n) is 9.24. The highest BCUT2D eigenvalue weighted by Gasteiger charge is 2.27. The maximum absolute atomic E-state index is 13.1. The molecule has 1 aromatic carbocycles. The van der Waals surface area contributed by atoms with Crippen molar-refractivity contribution in [2.75, 3.05) is 24.1 Å². The van der Waals surface area contributed by atoms with Crippen LogP contribution in [0.3, 0.4) is 0 Å². The number of aryl methyl sites for hydroxylation is 1. The van der Waals surface area contributed by atoms with Gasteiger partial charge in [0.05, 0.1) is 16.5 Å². The zero-order chi connectivity index (χ0) is 19.7. The highest BCUT2D eigenvalue weighted by molar-refractivity contribution is 7.89. The van der Waals surface area contributed by atoms with E-state index in [9.17, 15) is 8.42 Å². The van der Waals surface area contributed by atoms with Gasteiger partial charge in [-0.3, -0.25) is 4.68 Å². The SMILES string of the molecule is Cn1ncc2c(N)nc(NCc3ccccc3S(=O)(=O)N3CCCCC3)nc21. The molecule has 0 aliphatic carbocycles. The first-order valence-corrected chi connectivity index (χ1v) is 10.7. The minimum absolute atomic E-state index is 0.270. The minimum Gasteiger partial charge on any atom is -0.383 e. The van der Waals surface area contributed by atoms with Gasteiger partial charge in [0.2, 0.25) is 16.0 Å². The number of hydrogen-bond acceptors (Lipinski definition) is 7. The maximum Gasteiger partial charge on any atom is 0.243 e. The summed E-state index contributed by atoms with van der Waals surface area (Å²) in [6.45, 7) is 1.41. The van der Waals surface area contributed by atoms with Crippen molar-refractivity contribution in [1.29, 1.82) is 0 Å². The van der Waals surface area contributed by atoms with Gasteiger partial charge in [0.25, 0.3) is 0 Å². The molecule has 0 saturated carbocycles. The van der Waals surface area contributed by atoms with Crippen molar-refractivity contribution in [3.63, 3.8) is 0 Å². The number of nitrogen functional groups attached to an aromatic ring is 1. The summed E-state index contributed by atoms with van der Waals surface area (Å²) in [5, 5.41) is 7.92. The van der Waals surface area contributed by atoms with Crippen LogP contribution in [0.1, 0.15) is 24.8 Å². The normalized spacial score (nSPS) is 15.8. The van der Waals surface area contributed by atoms with Crippen molar-refractivity contribution in [2.24, 2.45) is 7.05 Å². The average molecular weight is 401 g/mol. The molecule has 1 saturated heterocycles. The van der Waals surface area contributed by atoms with Crippen LogP contribution in [-0.4, -0.2) is 45.6 Å². The zero-order valence-corrected chi connectivity index (χ0v) is 16.5. The van der Waals surface area contributed by atoms with Gasteiger partial charge in [-0.05, 0) is 24.5 Å². The third-order valence-corrected chi connectivity index (χ3v) is 6.96. The Morgan fingerprint density at radius 2 is 1.89 bits per heavy atom. The minimum atomic E-state index is -3.52. The van der Waals surface area contributed by atoms with E-state index in [1.807, 2.05) is 6.07 Å². The van der Waals surface area contributed by atoms with Gasteiger partial charge in [0, 0.05) is 26.7 Å². The summed E-state index contributed by atoms with van der Waals surface area (Å²) in [5.74, 6) is 0.661. The molecule has 1 fully saturated rings. The number of nitrogens with one attached hydrogen (secondary N) is 1. The zero-order valence-electron chi connectivity index (χ0n) is 15.7. The molecule has 3 N–H and O–H groups in total. The molecule has 9 nitrogen and oxygen atoms in total. The second-order valence-electron chi connectivity index (χ2n) is 6.86. The van der Waals surface area contributed by atoms with Gasteiger partial charge in [-0.25, -0.2) is 8.42 Å². The Kier molecular flexibility index (Phi) is 4.90. The highest BCUT2D eigenvalue weighted by Crippen LogP contribution is 2.24.